The molecule has 0 aromatic carbocycles. The minimum atomic E-state index is -0.744. The number of hydrogen-bond acceptors (Lipinski definition) is 3. The Morgan fingerprint density at radius 2 is 1.81 bits per heavy atom. The standard InChI is InChI=1S/C17H34N2O2/c1-5-16(6-2)10-13-19(14-11-16)12-8-9-17(7-3,18-4)15(20)21/h18H,5-14H2,1-4H3,(H,20,21). The summed E-state index contributed by atoms with van der Waals surface area (Å²) in [5.41, 5.74) is -0.178. The second-order valence-electron chi connectivity index (χ2n) is 6.64. The molecule has 21 heavy (non-hydrogen) atoms. The van der Waals surface area contributed by atoms with Crippen LogP contribution in [0.2, 0.25) is 0 Å². The lowest BCUT2D eigenvalue weighted by atomic mass is 9.74. The van der Waals surface area contributed by atoms with Crippen molar-refractivity contribution < 1.29 is 9.90 Å². The Kier molecular flexibility index (Phi) is 7.14. The molecular weight excluding hydrogens is 264 g/mol. The Bertz CT molecular complexity index is 313. The molecule has 1 saturated heterocycles. The largest absolute Gasteiger partial charge is 0.480 e. The molecule has 0 radical (unpaired) electrons. The molecule has 4 heteroatoms. The molecule has 1 aliphatic rings. The maximum atomic E-state index is 11.5. The summed E-state index contributed by atoms with van der Waals surface area (Å²) in [4.78, 5) is 14.0. The van der Waals surface area contributed by atoms with Crippen LogP contribution in [0.3, 0.4) is 0 Å². The van der Waals surface area contributed by atoms with Crippen molar-refractivity contribution in [1.82, 2.24) is 10.2 Å². The number of nitrogens with one attached hydrogen (secondary N) is 1. The average Bonchev–Trinajstić information content (AvgIpc) is 2.52. The van der Waals surface area contributed by atoms with Gasteiger partial charge in [0.1, 0.15) is 5.54 Å². The minimum Gasteiger partial charge on any atom is -0.480 e. The van der Waals surface area contributed by atoms with Gasteiger partial charge in [-0.25, -0.2) is 0 Å². The summed E-state index contributed by atoms with van der Waals surface area (Å²) in [5.74, 6) is -0.720. The second-order valence-corrected chi connectivity index (χ2v) is 6.64. The quantitative estimate of drug-likeness (QED) is 0.687. The number of rotatable bonds is 9. The third kappa shape index (κ3) is 4.43. The molecule has 0 amide bonds. The van der Waals surface area contributed by atoms with Crippen LogP contribution in [-0.4, -0.2) is 48.2 Å². The van der Waals surface area contributed by atoms with Crippen LogP contribution in [0.4, 0.5) is 0 Å². The molecule has 1 fully saturated rings. The zero-order valence-electron chi connectivity index (χ0n) is 14.4. The van der Waals surface area contributed by atoms with Gasteiger partial charge in [0.05, 0.1) is 0 Å². The Balaban J connectivity index is 2.39. The fourth-order valence-corrected chi connectivity index (χ4v) is 3.66. The average molecular weight is 298 g/mol. The van der Waals surface area contributed by atoms with E-state index in [0.29, 0.717) is 18.3 Å². The summed E-state index contributed by atoms with van der Waals surface area (Å²) in [6.07, 6.45) is 7.45. The molecule has 1 aliphatic heterocycles. The number of piperidine rings is 1. The van der Waals surface area contributed by atoms with Gasteiger partial charge in [0.15, 0.2) is 0 Å². The van der Waals surface area contributed by atoms with Crippen molar-refractivity contribution in [1.29, 1.82) is 0 Å². The van der Waals surface area contributed by atoms with Crippen LogP contribution >= 0.6 is 0 Å². The monoisotopic (exact) mass is 298 g/mol. The first-order valence-corrected chi connectivity index (χ1v) is 8.62. The Morgan fingerprint density at radius 3 is 2.19 bits per heavy atom. The zero-order valence-corrected chi connectivity index (χ0v) is 14.4. The molecule has 1 rings (SSSR count). The fourth-order valence-electron chi connectivity index (χ4n) is 3.66. The third-order valence-corrected chi connectivity index (χ3v) is 5.99. The molecule has 0 aromatic rings. The summed E-state index contributed by atoms with van der Waals surface area (Å²) in [6.45, 7) is 9.95. The highest BCUT2D eigenvalue weighted by molar-refractivity contribution is 5.78. The summed E-state index contributed by atoms with van der Waals surface area (Å²) in [7, 11) is 1.76. The van der Waals surface area contributed by atoms with Crippen molar-refractivity contribution in [3.05, 3.63) is 0 Å². The van der Waals surface area contributed by atoms with Gasteiger partial charge in [-0.05, 0) is 64.2 Å². The molecule has 4 nitrogen and oxygen atoms in total. The van der Waals surface area contributed by atoms with Gasteiger partial charge in [-0.2, -0.15) is 0 Å². The van der Waals surface area contributed by atoms with Crippen molar-refractivity contribution >= 4 is 5.97 Å². The first-order valence-electron chi connectivity index (χ1n) is 8.62. The molecule has 0 bridgehead atoms. The van der Waals surface area contributed by atoms with Crippen molar-refractivity contribution in [3.63, 3.8) is 0 Å². The summed E-state index contributed by atoms with van der Waals surface area (Å²) >= 11 is 0. The van der Waals surface area contributed by atoms with Crippen molar-refractivity contribution in [2.45, 2.75) is 71.3 Å². The Hall–Kier alpha value is -0.610. The van der Waals surface area contributed by atoms with Gasteiger partial charge in [0.2, 0.25) is 0 Å². The van der Waals surface area contributed by atoms with E-state index in [0.717, 1.165) is 13.0 Å². The van der Waals surface area contributed by atoms with Crippen LogP contribution in [0, 0.1) is 5.41 Å². The topological polar surface area (TPSA) is 52.6 Å². The Morgan fingerprint density at radius 1 is 1.24 bits per heavy atom. The number of aliphatic carboxylic acids is 1. The van der Waals surface area contributed by atoms with Gasteiger partial charge in [-0.15, -0.1) is 0 Å². The molecule has 1 heterocycles. The van der Waals surface area contributed by atoms with E-state index in [1.165, 1.54) is 38.8 Å². The summed E-state index contributed by atoms with van der Waals surface area (Å²) in [5, 5.41) is 12.4. The van der Waals surface area contributed by atoms with E-state index in [1.54, 1.807) is 7.05 Å². The van der Waals surface area contributed by atoms with E-state index in [2.05, 4.69) is 24.1 Å². The summed E-state index contributed by atoms with van der Waals surface area (Å²) < 4.78 is 0. The maximum absolute atomic E-state index is 11.5. The predicted molar refractivity (Wildman–Crippen MR) is 87.6 cm³/mol. The van der Waals surface area contributed by atoms with Crippen LogP contribution in [0.5, 0.6) is 0 Å². The van der Waals surface area contributed by atoms with Gasteiger partial charge in [-0.3, -0.25) is 4.79 Å². The van der Waals surface area contributed by atoms with E-state index in [9.17, 15) is 9.90 Å². The molecule has 0 spiro atoms. The highest BCUT2D eigenvalue weighted by Gasteiger charge is 2.35. The molecule has 0 saturated carbocycles. The number of carboxylic acids is 1. The molecule has 0 aromatic heterocycles. The number of likely N-dealkylation sites (tertiary alicyclic amines) is 1. The van der Waals surface area contributed by atoms with Crippen LogP contribution in [-0.2, 0) is 4.79 Å². The molecule has 124 valence electrons. The SMILES string of the molecule is CCC1(CC)CCN(CCCC(CC)(NC)C(=O)O)CC1. The van der Waals surface area contributed by atoms with E-state index in [1.807, 2.05) is 6.92 Å². The maximum Gasteiger partial charge on any atom is 0.323 e. The highest BCUT2D eigenvalue weighted by atomic mass is 16.4. The summed E-state index contributed by atoms with van der Waals surface area (Å²) in [6, 6.07) is 0. The zero-order chi connectivity index (χ0) is 15.9. The number of nitrogens with zero attached hydrogens (tertiary/aromatic N) is 1. The molecule has 1 atom stereocenters. The predicted octanol–water partition coefficient (Wildman–Crippen LogP) is 3.12. The van der Waals surface area contributed by atoms with E-state index < -0.39 is 11.5 Å². The van der Waals surface area contributed by atoms with E-state index >= 15 is 0 Å². The lowest BCUT2D eigenvalue weighted by Gasteiger charge is -2.41. The number of carboxylic acid groups (broad SMARTS) is 1. The number of hydrogen-bond donors (Lipinski definition) is 2. The van der Waals surface area contributed by atoms with Crippen LogP contribution < -0.4 is 5.32 Å². The van der Waals surface area contributed by atoms with Crippen LogP contribution in [0.25, 0.3) is 0 Å². The van der Waals surface area contributed by atoms with Gasteiger partial charge in [0.25, 0.3) is 0 Å². The number of carbonyl (C=O) groups is 1. The molecular formula is C17H34N2O2. The van der Waals surface area contributed by atoms with Gasteiger partial charge >= 0.3 is 5.97 Å². The fraction of sp³-hybridized carbons (Fsp3) is 0.941. The molecule has 2 N–H and O–H groups in total. The lowest BCUT2D eigenvalue weighted by molar-refractivity contribution is -0.145. The minimum absolute atomic E-state index is 0.565. The van der Waals surface area contributed by atoms with Crippen molar-refractivity contribution in [3.8, 4) is 0 Å². The van der Waals surface area contributed by atoms with Crippen molar-refractivity contribution in [2.24, 2.45) is 5.41 Å². The van der Waals surface area contributed by atoms with Gasteiger partial charge in [-0.1, -0.05) is 33.6 Å². The number of likely N-dealkylation sites (N-methyl/N-ethyl adjacent to an activating group) is 1. The molecule has 0 aliphatic carbocycles. The van der Waals surface area contributed by atoms with E-state index in [4.69, 9.17) is 0 Å². The third-order valence-electron chi connectivity index (χ3n) is 5.99. The normalized spacial score (nSPS) is 21.9. The van der Waals surface area contributed by atoms with Gasteiger partial charge in [0, 0.05) is 0 Å². The molecule has 1 unspecified atom stereocenters. The van der Waals surface area contributed by atoms with E-state index in [-0.39, 0.29) is 0 Å². The van der Waals surface area contributed by atoms with Crippen LogP contribution in [0.15, 0.2) is 0 Å². The highest BCUT2D eigenvalue weighted by Crippen LogP contribution is 2.37. The smallest absolute Gasteiger partial charge is 0.323 e. The Labute approximate surface area is 130 Å². The lowest BCUT2D eigenvalue weighted by Crippen LogP contribution is -2.50. The van der Waals surface area contributed by atoms with Gasteiger partial charge < -0.3 is 15.3 Å². The first kappa shape index (κ1) is 18.4. The second kappa shape index (κ2) is 8.14. The first-order chi connectivity index (χ1) is 9.97. The van der Waals surface area contributed by atoms with Crippen molar-refractivity contribution in [2.75, 3.05) is 26.7 Å². The van der Waals surface area contributed by atoms with Crippen LogP contribution in [0.1, 0.15) is 65.7 Å².